The van der Waals surface area contributed by atoms with E-state index in [-0.39, 0.29) is 11.3 Å². The van der Waals surface area contributed by atoms with Gasteiger partial charge in [-0.1, -0.05) is 30.7 Å². The molecule has 0 spiro atoms. The van der Waals surface area contributed by atoms with E-state index < -0.39 is 10.8 Å². The number of hydrogen-bond donors (Lipinski definition) is 1. The maximum atomic E-state index is 12.9. The van der Waals surface area contributed by atoms with Crippen LogP contribution >= 0.6 is 11.8 Å². The number of carbonyl (C=O) groups excluding carboxylic acids is 1. The molecule has 0 aromatic heterocycles. The van der Waals surface area contributed by atoms with Crippen LogP contribution in [0.1, 0.15) is 47.7 Å². The van der Waals surface area contributed by atoms with Gasteiger partial charge in [0.15, 0.2) is 0 Å². The number of piperidine rings is 1. The van der Waals surface area contributed by atoms with Gasteiger partial charge in [-0.15, -0.1) is 11.8 Å². The molecule has 1 aliphatic rings. The molecule has 7 nitrogen and oxygen atoms in total. The van der Waals surface area contributed by atoms with Crippen molar-refractivity contribution in [1.29, 1.82) is 0 Å². The zero-order chi connectivity index (χ0) is 22.4. The first-order chi connectivity index (χ1) is 14.9. The van der Waals surface area contributed by atoms with Crippen LogP contribution < -0.4 is 10.1 Å². The Labute approximate surface area is 187 Å². The molecule has 0 aliphatic carbocycles. The fourth-order valence-corrected chi connectivity index (χ4v) is 4.55. The number of benzene rings is 2. The zero-order valence-corrected chi connectivity index (χ0v) is 19.0. The molecule has 1 N–H and O–H groups in total. The van der Waals surface area contributed by atoms with E-state index >= 15 is 0 Å². The lowest BCUT2D eigenvalue weighted by Gasteiger charge is -2.33. The van der Waals surface area contributed by atoms with Gasteiger partial charge in [0.05, 0.1) is 23.0 Å². The van der Waals surface area contributed by atoms with Crippen molar-refractivity contribution in [3.8, 4) is 5.75 Å². The standard InChI is InChI=1S/C23H29N3O4S/c1-16-8-6-7-11-25(16)15-18-10-5-4-9-17(18)14-24-23(27)19-12-22(31-3)21(30-2)13-20(19)26(28)29/h4-5,9-10,12-13,16H,6-8,11,14-15H2,1-3H3,(H,24,27). The van der Waals surface area contributed by atoms with Crippen LogP contribution in [0, 0.1) is 10.1 Å². The second-order valence-corrected chi connectivity index (χ2v) is 8.60. The van der Waals surface area contributed by atoms with E-state index in [1.54, 1.807) is 0 Å². The molecule has 1 fully saturated rings. The highest BCUT2D eigenvalue weighted by Gasteiger charge is 2.24. The second-order valence-electron chi connectivity index (χ2n) is 7.75. The third-order valence-corrected chi connectivity index (χ3v) is 6.57. The number of nitrogens with zero attached hydrogens (tertiary/aromatic N) is 2. The van der Waals surface area contributed by atoms with Gasteiger partial charge in [-0.3, -0.25) is 19.8 Å². The molecule has 3 rings (SSSR count). The molecule has 0 radical (unpaired) electrons. The van der Waals surface area contributed by atoms with Crippen LogP contribution in [0.2, 0.25) is 0 Å². The number of rotatable bonds is 8. The number of methoxy groups -OCH3 is 1. The summed E-state index contributed by atoms with van der Waals surface area (Å²) in [6.07, 6.45) is 5.53. The molecule has 166 valence electrons. The van der Waals surface area contributed by atoms with Gasteiger partial charge >= 0.3 is 0 Å². The average Bonchev–Trinajstić information content (AvgIpc) is 2.78. The molecule has 0 saturated carbocycles. The van der Waals surface area contributed by atoms with Gasteiger partial charge < -0.3 is 10.1 Å². The van der Waals surface area contributed by atoms with E-state index in [4.69, 9.17) is 4.74 Å². The first-order valence-electron chi connectivity index (χ1n) is 10.4. The normalized spacial score (nSPS) is 16.7. The van der Waals surface area contributed by atoms with Crippen LogP contribution in [0.4, 0.5) is 5.69 Å². The first kappa shape index (κ1) is 23.1. The quantitative estimate of drug-likeness (QED) is 0.364. The summed E-state index contributed by atoms with van der Waals surface area (Å²) in [5, 5.41) is 14.4. The van der Waals surface area contributed by atoms with Gasteiger partial charge in [-0.2, -0.15) is 0 Å². The smallest absolute Gasteiger partial charge is 0.285 e. The summed E-state index contributed by atoms with van der Waals surface area (Å²) in [4.78, 5) is 27.0. The predicted molar refractivity (Wildman–Crippen MR) is 123 cm³/mol. The van der Waals surface area contributed by atoms with Crippen LogP contribution in [0.15, 0.2) is 41.3 Å². The fourth-order valence-electron chi connectivity index (χ4n) is 3.97. The summed E-state index contributed by atoms with van der Waals surface area (Å²) in [5.41, 5.74) is 1.97. The maximum absolute atomic E-state index is 12.9. The molecular weight excluding hydrogens is 414 g/mol. The van der Waals surface area contributed by atoms with Crippen molar-refractivity contribution in [3.63, 3.8) is 0 Å². The topological polar surface area (TPSA) is 84.7 Å². The molecule has 1 aliphatic heterocycles. The molecule has 8 heteroatoms. The molecule has 31 heavy (non-hydrogen) atoms. The van der Waals surface area contributed by atoms with Gasteiger partial charge in [0.1, 0.15) is 11.3 Å². The Morgan fingerprint density at radius 3 is 2.68 bits per heavy atom. The SMILES string of the molecule is COc1cc([N+](=O)[O-])c(C(=O)NCc2ccccc2CN2CCCCC2C)cc1SC. The summed E-state index contributed by atoms with van der Waals surface area (Å²) in [6.45, 7) is 4.49. The molecule has 1 atom stereocenters. The van der Waals surface area contributed by atoms with Gasteiger partial charge in [0.25, 0.3) is 11.6 Å². The largest absolute Gasteiger partial charge is 0.495 e. The minimum Gasteiger partial charge on any atom is -0.495 e. The van der Waals surface area contributed by atoms with E-state index in [0.717, 1.165) is 18.7 Å². The summed E-state index contributed by atoms with van der Waals surface area (Å²) in [7, 11) is 1.46. The highest BCUT2D eigenvalue weighted by molar-refractivity contribution is 7.98. The van der Waals surface area contributed by atoms with Crippen molar-refractivity contribution in [2.45, 2.75) is 50.2 Å². The maximum Gasteiger partial charge on any atom is 0.285 e. The van der Waals surface area contributed by atoms with Crippen molar-refractivity contribution in [2.75, 3.05) is 19.9 Å². The first-order valence-corrected chi connectivity index (χ1v) is 11.7. The number of amides is 1. The Hall–Kier alpha value is -2.58. The lowest BCUT2D eigenvalue weighted by molar-refractivity contribution is -0.385. The third-order valence-electron chi connectivity index (χ3n) is 5.81. The van der Waals surface area contributed by atoms with E-state index in [9.17, 15) is 14.9 Å². The van der Waals surface area contributed by atoms with Crippen LogP contribution in [-0.2, 0) is 13.1 Å². The fraction of sp³-hybridized carbons (Fsp3) is 0.435. The minimum atomic E-state index is -0.548. The van der Waals surface area contributed by atoms with E-state index in [0.29, 0.717) is 23.2 Å². The van der Waals surface area contributed by atoms with Gasteiger partial charge in [-0.25, -0.2) is 0 Å². The summed E-state index contributed by atoms with van der Waals surface area (Å²) in [5.74, 6) is -0.0810. The van der Waals surface area contributed by atoms with Gasteiger partial charge in [0.2, 0.25) is 0 Å². The summed E-state index contributed by atoms with van der Waals surface area (Å²) >= 11 is 1.38. The number of ether oxygens (including phenoxy) is 1. The second kappa shape index (κ2) is 10.6. The van der Waals surface area contributed by atoms with Crippen LogP contribution in [0.5, 0.6) is 5.75 Å². The lowest BCUT2D eigenvalue weighted by atomic mass is 10.0. The Kier molecular flexibility index (Phi) is 7.92. The van der Waals surface area contributed by atoms with E-state index in [1.165, 1.54) is 55.8 Å². The van der Waals surface area contributed by atoms with Crippen molar-refractivity contribution in [1.82, 2.24) is 10.2 Å². The number of carbonyl (C=O) groups is 1. The van der Waals surface area contributed by atoms with Crippen molar-refractivity contribution in [2.24, 2.45) is 0 Å². The van der Waals surface area contributed by atoms with E-state index in [2.05, 4.69) is 23.2 Å². The monoisotopic (exact) mass is 443 g/mol. The minimum absolute atomic E-state index is 0.0392. The van der Waals surface area contributed by atoms with Crippen LogP contribution in [-0.4, -0.2) is 41.7 Å². The predicted octanol–water partition coefficient (Wildman–Crippen LogP) is 4.63. The molecule has 2 aromatic rings. The van der Waals surface area contributed by atoms with Crippen molar-refractivity contribution in [3.05, 3.63) is 63.2 Å². The molecule has 0 bridgehead atoms. The summed E-state index contributed by atoms with van der Waals surface area (Å²) in [6, 6.07) is 11.4. The zero-order valence-electron chi connectivity index (χ0n) is 18.2. The Morgan fingerprint density at radius 2 is 2.03 bits per heavy atom. The number of hydrogen-bond acceptors (Lipinski definition) is 6. The van der Waals surface area contributed by atoms with Crippen LogP contribution in [0.25, 0.3) is 0 Å². The molecule has 1 amide bonds. The average molecular weight is 444 g/mol. The van der Waals surface area contributed by atoms with E-state index in [1.807, 2.05) is 24.5 Å². The third kappa shape index (κ3) is 5.57. The lowest BCUT2D eigenvalue weighted by Crippen LogP contribution is -2.37. The van der Waals surface area contributed by atoms with Crippen molar-refractivity contribution >= 4 is 23.4 Å². The van der Waals surface area contributed by atoms with Gasteiger partial charge in [0, 0.05) is 19.1 Å². The number of nitrogens with one attached hydrogen (secondary N) is 1. The molecular formula is C23H29N3O4S. The van der Waals surface area contributed by atoms with Crippen molar-refractivity contribution < 1.29 is 14.5 Å². The number of likely N-dealkylation sites (tertiary alicyclic amines) is 1. The number of thioether (sulfide) groups is 1. The number of nitro groups is 1. The molecule has 2 aromatic carbocycles. The molecule has 1 saturated heterocycles. The van der Waals surface area contributed by atoms with Gasteiger partial charge in [-0.05, 0) is 49.8 Å². The Balaban J connectivity index is 1.78. The Morgan fingerprint density at radius 1 is 1.29 bits per heavy atom. The Bertz CT molecular complexity index is 950. The molecule has 1 heterocycles. The highest BCUT2D eigenvalue weighted by Crippen LogP contribution is 2.34. The molecule has 1 unspecified atom stereocenters. The highest BCUT2D eigenvalue weighted by atomic mass is 32.2. The number of nitro benzene ring substituents is 1. The van der Waals surface area contributed by atoms with Crippen LogP contribution in [0.3, 0.4) is 0 Å². The summed E-state index contributed by atoms with van der Waals surface area (Å²) < 4.78 is 5.23.